The van der Waals surface area contributed by atoms with Crippen LogP contribution in [0, 0.1) is 11.3 Å². The average molecular weight is 259 g/mol. The number of nitriles is 1. The van der Waals surface area contributed by atoms with Crippen molar-refractivity contribution < 1.29 is 9.90 Å². The third kappa shape index (κ3) is 3.78. The SMILES string of the molecule is CC1(O)CCN(CC(=O)Nc2ccc(C#N)cc2)C1. The molecule has 1 amide bonds. The van der Waals surface area contributed by atoms with Crippen molar-refractivity contribution in [2.75, 3.05) is 25.0 Å². The van der Waals surface area contributed by atoms with Crippen LogP contribution in [-0.2, 0) is 4.79 Å². The summed E-state index contributed by atoms with van der Waals surface area (Å²) in [6.07, 6.45) is 0.692. The van der Waals surface area contributed by atoms with E-state index in [0.717, 1.165) is 6.54 Å². The number of carbonyl (C=O) groups excluding carboxylic acids is 1. The van der Waals surface area contributed by atoms with Gasteiger partial charge in [0.1, 0.15) is 0 Å². The molecule has 100 valence electrons. The van der Waals surface area contributed by atoms with Gasteiger partial charge >= 0.3 is 0 Å². The van der Waals surface area contributed by atoms with Gasteiger partial charge in [0.25, 0.3) is 0 Å². The van der Waals surface area contributed by atoms with Gasteiger partial charge in [-0.2, -0.15) is 5.26 Å². The highest BCUT2D eigenvalue weighted by Gasteiger charge is 2.31. The molecule has 5 heteroatoms. The van der Waals surface area contributed by atoms with E-state index in [1.54, 1.807) is 31.2 Å². The summed E-state index contributed by atoms with van der Waals surface area (Å²) in [5, 5.41) is 21.3. The standard InChI is InChI=1S/C14H17N3O2/c1-14(19)6-7-17(10-14)9-13(18)16-12-4-2-11(8-15)3-5-12/h2-5,19H,6-7,9-10H2,1H3,(H,16,18). The number of carbonyl (C=O) groups is 1. The number of hydrogen-bond donors (Lipinski definition) is 2. The molecule has 0 spiro atoms. The van der Waals surface area contributed by atoms with Crippen LogP contribution in [0.2, 0.25) is 0 Å². The second-order valence-corrected chi connectivity index (χ2v) is 5.19. The van der Waals surface area contributed by atoms with E-state index in [0.29, 0.717) is 24.2 Å². The van der Waals surface area contributed by atoms with E-state index in [2.05, 4.69) is 5.32 Å². The highest BCUT2D eigenvalue weighted by atomic mass is 16.3. The molecule has 1 aromatic rings. The Morgan fingerprint density at radius 1 is 1.53 bits per heavy atom. The lowest BCUT2D eigenvalue weighted by atomic mass is 10.1. The van der Waals surface area contributed by atoms with Gasteiger partial charge in [-0.25, -0.2) is 0 Å². The van der Waals surface area contributed by atoms with Crippen molar-refractivity contribution in [3.8, 4) is 6.07 Å². The molecule has 0 saturated carbocycles. The van der Waals surface area contributed by atoms with E-state index in [1.165, 1.54) is 0 Å². The number of aliphatic hydroxyl groups is 1. The van der Waals surface area contributed by atoms with Crippen molar-refractivity contribution in [1.29, 1.82) is 5.26 Å². The van der Waals surface area contributed by atoms with Gasteiger partial charge in [0.2, 0.25) is 5.91 Å². The van der Waals surface area contributed by atoms with Crippen molar-refractivity contribution in [1.82, 2.24) is 4.90 Å². The van der Waals surface area contributed by atoms with Crippen LogP contribution >= 0.6 is 0 Å². The molecule has 5 nitrogen and oxygen atoms in total. The minimum absolute atomic E-state index is 0.109. The van der Waals surface area contributed by atoms with E-state index in [1.807, 2.05) is 11.0 Å². The predicted molar refractivity (Wildman–Crippen MR) is 71.5 cm³/mol. The number of β-amino-alcohol motifs (C(OH)–C–C–N with tert-alkyl or cyclic N) is 1. The van der Waals surface area contributed by atoms with Crippen molar-refractivity contribution in [2.24, 2.45) is 0 Å². The topological polar surface area (TPSA) is 76.4 Å². The Bertz CT molecular complexity index is 502. The fourth-order valence-corrected chi connectivity index (χ4v) is 2.21. The number of nitrogens with one attached hydrogen (secondary N) is 1. The van der Waals surface area contributed by atoms with Crippen LogP contribution in [0.3, 0.4) is 0 Å². The van der Waals surface area contributed by atoms with Crippen molar-refractivity contribution >= 4 is 11.6 Å². The summed E-state index contributed by atoms with van der Waals surface area (Å²) in [6, 6.07) is 8.76. The predicted octanol–water partition coefficient (Wildman–Crippen LogP) is 0.953. The lowest BCUT2D eigenvalue weighted by molar-refractivity contribution is -0.117. The quantitative estimate of drug-likeness (QED) is 0.847. The largest absolute Gasteiger partial charge is 0.389 e. The van der Waals surface area contributed by atoms with Crippen LogP contribution < -0.4 is 5.32 Å². The van der Waals surface area contributed by atoms with Crippen molar-refractivity contribution in [3.05, 3.63) is 29.8 Å². The summed E-state index contributed by atoms with van der Waals surface area (Å²) < 4.78 is 0. The number of nitrogens with zero attached hydrogens (tertiary/aromatic N) is 2. The Labute approximate surface area is 112 Å². The molecule has 1 atom stereocenters. The van der Waals surface area contributed by atoms with Crippen LogP contribution in [0.5, 0.6) is 0 Å². The second-order valence-electron chi connectivity index (χ2n) is 5.19. The van der Waals surface area contributed by atoms with Crippen LogP contribution in [0.15, 0.2) is 24.3 Å². The second kappa shape index (κ2) is 5.39. The first-order valence-electron chi connectivity index (χ1n) is 6.23. The third-order valence-electron chi connectivity index (χ3n) is 3.20. The zero-order valence-electron chi connectivity index (χ0n) is 10.9. The summed E-state index contributed by atoms with van der Waals surface area (Å²) in [4.78, 5) is 13.8. The van der Waals surface area contributed by atoms with Crippen LogP contribution in [0.1, 0.15) is 18.9 Å². The van der Waals surface area contributed by atoms with E-state index >= 15 is 0 Å². The molecule has 1 heterocycles. The number of rotatable bonds is 3. The first kappa shape index (κ1) is 13.5. The summed E-state index contributed by atoms with van der Waals surface area (Å²) in [5.74, 6) is -0.109. The lowest BCUT2D eigenvalue weighted by Crippen LogP contribution is -2.35. The zero-order chi connectivity index (χ0) is 13.9. The molecule has 2 N–H and O–H groups in total. The summed E-state index contributed by atoms with van der Waals surface area (Å²) in [7, 11) is 0. The fraction of sp³-hybridized carbons (Fsp3) is 0.429. The maximum atomic E-state index is 11.8. The maximum Gasteiger partial charge on any atom is 0.238 e. The van der Waals surface area contributed by atoms with Gasteiger partial charge < -0.3 is 10.4 Å². The van der Waals surface area contributed by atoms with Gasteiger partial charge in [0.05, 0.1) is 23.8 Å². The zero-order valence-corrected chi connectivity index (χ0v) is 10.9. The van der Waals surface area contributed by atoms with Gasteiger partial charge in [-0.05, 0) is 37.6 Å². The molecule has 1 aromatic carbocycles. The molecule has 1 saturated heterocycles. The normalized spacial score (nSPS) is 23.0. The first-order chi connectivity index (χ1) is 8.98. The molecule has 0 radical (unpaired) electrons. The lowest BCUT2D eigenvalue weighted by Gasteiger charge is -2.18. The van der Waals surface area contributed by atoms with E-state index < -0.39 is 5.60 Å². The van der Waals surface area contributed by atoms with Crippen LogP contribution in [-0.4, -0.2) is 41.1 Å². The molecule has 2 rings (SSSR count). The molecule has 1 unspecified atom stereocenters. The average Bonchev–Trinajstić information content (AvgIpc) is 2.69. The number of anilines is 1. The summed E-state index contributed by atoms with van der Waals surface area (Å²) >= 11 is 0. The number of hydrogen-bond acceptors (Lipinski definition) is 4. The highest BCUT2D eigenvalue weighted by molar-refractivity contribution is 5.92. The summed E-state index contributed by atoms with van der Waals surface area (Å²) in [5.41, 5.74) is 0.554. The van der Waals surface area contributed by atoms with Crippen molar-refractivity contribution in [3.63, 3.8) is 0 Å². The molecule has 1 fully saturated rings. The minimum Gasteiger partial charge on any atom is -0.389 e. The van der Waals surface area contributed by atoms with Crippen LogP contribution in [0.4, 0.5) is 5.69 Å². The smallest absolute Gasteiger partial charge is 0.238 e. The monoisotopic (exact) mass is 259 g/mol. The minimum atomic E-state index is -0.686. The highest BCUT2D eigenvalue weighted by Crippen LogP contribution is 2.19. The third-order valence-corrected chi connectivity index (χ3v) is 3.20. The number of likely N-dealkylation sites (tertiary alicyclic amines) is 1. The van der Waals surface area contributed by atoms with Gasteiger partial charge in [0, 0.05) is 18.8 Å². The van der Waals surface area contributed by atoms with Gasteiger partial charge in [-0.1, -0.05) is 0 Å². The Kier molecular flexibility index (Phi) is 3.84. The molecule has 0 bridgehead atoms. The van der Waals surface area contributed by atoms with Gasteiger partial charge in [-0.15, -0.1) is 0 Å². The molecule has 0 aliphatic carbocycles. The molecule has 1 aliphatic heterocycles. The Hall–Kier alpha value is -1.90. The first-order valence-corrected chi connectivity index (χ1v) is 6.23. The maximum absolute atomic E-state index is 11.8. The summed E-state index contributed by atoms with van der Waals surface area (Å²) in [6.45, 7) is 3.31. The van der Waals surface area contributed by atoms with Gasteiger partial charge in [-0.3, -0.25) is 9.69 Å². The molecule has 19 heavy (non-hydrogen) atoms. The molecular weight excluding hydrogens is 242 g/mol. The Morgan fingerprint density at radius 3 is 2.74 bits per heavy atom. The van der Waals surface area contributed by atoms with E-state index in [-0.39, 0.29) is 12.5 Å². The number of benzene rings is 1. The fourth-order valence-electron chi connectivity index (χ4n) is 2.21. The Morgan fingerprint density at radius 2 is 2.21 bits per heavy atom. The van der Waals surface area contributed by atoms with E-state index in [9.17, 15) is 9.90 Å². The van der Waals surface area contributed by atoms with Gasteiger partial charge in [0.15, 0.2) is 0 Å². The van der Waals surface area contributed by atoms with Crippen LogP contribution in [0.25, 0.3) is 0 Å². The Balaban J connectivity index is 1.86. The molecular formula is C14H17N3O2. The van der Waals surface area contributed by atoms with E-state index in [4.69, 9.17) is 5.26 Å². The molecule has 1 aliphatic rings. The van der Waals surface area contributed by atoms with Crippen molar-refractivity contribution in [2.45, 2.75) is 18.9 Å². The number of amides is 1. The molecule has 0 aromatic heterocycles.